The fourth-order valence-electron chi connectivity index (χ4n) is 5.61. The SMILES string of the molecule is CCC[C@@H](CCCN1CC2[C@@H]1CN2C)Nc1nc(NC(C=NC2CCOCC2)=CN)nc2snc(C)c12. The van der Waals surface area contributed by atoms with Crippen molar-refractivity contribution in [1.82, 2.24) is 24.1 Å². The van der Waals surface area contributed by atoms with E-state index in [2.05, 4.69) is 43.8 Å². The van der Waals surface area contributed by atoms with E-state index in [1.165, 1.54) is 43.8 Å². The number of allylic oxidation sites excluding steroid dienone is 1. The van der Waals surface area contributed by atoms with Gasteiger partial charge < -0.3 is 21.1 Å². The summed E-state index contributed by atoms with van der Waals surface area (Å²) >= 11 is 1.40. The highest BCUT2D eigenvalue weighted by Gasteiger charge is 2.48. The second-order valence-electron chi connectivity index (χ2n) is 10.6. The molecule has 4 N–H and O–H groups in total. The van der Waals surface area contributed by atoms with Gasteiger partial charge in [-0.3, -0.25) is 14.8 Å². The molecule has 3 saturated heterocycles. The summed E-state index contributed by atoms with van der Waals surface area (Å²) in [7, 11) is 2.23. The van der Waals surface area contributed by atoms with Gasteiger partial charge >= 0.3 is 0 Å². The summed E-state index contributed by atoms with van der Waals surface area (Å²) in [4.78, 5) is 20.3. The molecule has 0 bridgehead atoms. The first-order valence-corrected chi connectivity index (χ1v) is 14.5. The normalized spacial score (nSPS) is 24.1. The first-order valence-electron chi connectivity index (χ1n) is 13.7. The predicted molar refractivity (Wildman–Crippen MR) is 152 cm³/mol. The Morgan fingerprint density at radius 1 is 1.24 bits per heavy atom. The smallest absolute Gasteiger partial charge is 0.230 e. The summed E-state index contributed by atoms with van der Waals surface area (Å²) in [5.41, 5.74) is 7.55. The maximum Gasteiger partial charge on any atom is 0.230 e. The van der Waals surface area contributed by atoms with Crippen LogP contribution in [0.2, 0.25) is 0 Å². The van der Waals surface area contributed by atoms with Crippen molar-refractivity contribution in [1.29, 1.82) is 0 Å². The Labute approximate surface area is 223 Å². The lowest BCUT2D eigenvalue weighted by atomic mass is 9.86. The number of rotatable bonds is 12. The van der Waals surface area contributed by atoms with Crippen molar-refractivity contribution >= 4 is 39.7 Å². The number of hydrogen-bond donors (Lipinski definition) is 3. The lowest BCUT2D eigenvalue weighted by molar-refractivity contribution is -0.111. The number of nitrogens with zero attached hydrogens (tertiary/aromatic N) is 6. The average Bonchev–Trinajstić information content (AvgIpc) is 3.28. The van der Waals surface area contributed by atoms with Crippen LogP contribution in [0.4, 0.5) is 11.8 Å². The van der Waals surface area contributed by atoms with E-state index in [4.69, 9.17) is 20.4 Å². The van der Waals surface area contributed by atoms with Gasteiger partial charge in [0, 0.05) is 56.8 Å². The zero-order chi connectivity index (χ0) is 25.8. The fraction of sp³-hybridized carbons (Fsp3) is 0.692. The molecule has 2 aromatic heterocycles. The van der Waals surface area contributed by atoms with E-state index in [0.29, 0.717) is 17.7 Å². The van der Waals surface area contributed by atoms with Gasteiger partial charge in [-0.2, -0.15) is 14.3 Å². The van der Waals surface area contributed by atoms with Crippen LogP contribution >= 0.6 is 11.5 Å². The van der Waals surface area contributed by atoms with Gasteiger partial charge in [-0.05, 0) is 64.2 Å². The molecule has 0 aliphatic carbocycles. The van der Waals surface area contributed by atoms with Crippen molar-refractivity contribution in [2.75, 3.05) is 50.5 Å². The molecule has 3 atom stereocenters. The van der Waals surface area contributed by atoms with Crippen LogP contribution in [0.3, 0.4) is 0 Å². The number of nitrogens with two attached hydrogens (primary N) is 1. The first kappa shape index (κ1) is 26.3. The lowest BCUT2D eigenvalue weighted by Crippen LogP contribution is -2.77. The largest absolute Gasteiger partial charge is 0.403 e. The van der Waals surface area contributed by atoms with Crippen LogP contribution < -0.4 is 16.4 Å². The van der Waals surface area contributed by atoms with Crippen LogP contribution in [-0.4, -0.2) is 94.4 Å². The molecule has 0 spiro atoms. The van der Waals surface area contributed by atoms with E-state index in [9.17, 15) is 0 Å². The third-order valence-corrected chi connectivity index (χ3v) is 8.74. The predicted octanol–water partition coefficient (Wildman–Crippen LogP) is 3.22. The molecule has 11 heteroatoms. The number of aliphatic imine (C=N–C) groups is 1. The minimum absolute atomic E-state index is 0.262. The number of aromatic nitrogens is 3. The van der Waals surface area contributed by atoms with Gasteiger partial charge in [0.05, 0.1) is 22.8 Å². The maximum atomic E-state index is 5.91. The van der Waals surface area contributed by atoms with E-state index >= 15 is 0 Å². The third-order valence-electron chi connectivity index (χ3n) is 7.91. The highest BCUT2D eigenvalue weighted by molar-refractivity contribution is 7.13. The summed E-state index contributed by atoms with van der Waals surface area (Å²) in [6.07, 6.45) is 9.70. The summed E-state index contributed by atoms with van der Waals surface area (Å²) in [5, 5.41) is 8.04. The van der Waals surface area contributed by atoms with E-state index < -0.39 is 0 Å². The van der Waals surface area contributed by atoms with E-state index in [0.717, 1.165) is 79.1 Å². The van der Waals surface area contributed by atoms with Gasteiger partial charge in [-0.15, -0.1) is 0 Å². The van der Waals surface area contributed by atoms with Crippen LogP contribution in [0.15, 0.2) is 16.9 Å². The second kappa shape index (κ2) is 12.0. The molecular formula is C26H41N9OS. The van der Waals surface area contributed by atoms with Crippen molar-refractivity contribution in [3.8, 4) is 0 Å². The number of likely N-dealkylation sites (tertiary alicyclic amines) is 2. The molecule has 3 aliphatic rings. The van der Waals surface area contributed by atoms with Gasteiger partial charge in [-0.1, -0.05) is 13.3 Å². The van der Waals surface area contributed by atoms with Crippen molar-refractivity contribution in [2.45, 2.75) is 76.5 Å². The minimum Gasteiger partial charge on any atom is -0.403 e. The fourth-order valence-corrected chi connectivity index (χ4v) is 6.39. The van der Waals surface area contributed by atoms with Crippen LogP contribution in [0, 0.1) is 6.92 Å². The molecule has 0 radical (unpaired) electrons. The highest BCUT2D eigenvalue weighted by Crippen LogP contribution is 2.33. The van der Waals surface area contributed by atoms with Gasteiger partial charge in [0.15, 0.2) is 4.83 Å². The molecule has 37 heavy (non-hydrogen) atoms. The van der Waals surface area contributed by atoms with Crippen LogP contribution in [0.25, 0.3) is 10.2 Å². The molecule has 0 aromatic carbocycles. The molecular weight excluding hydrogens is 486 g/mol. The summed E-state index contributed by atoms with van der Waals surface area (Å²) in [6, 6.07) is 2.21. The Kier molecular flexibility index (Phi) is 8.53. The molecule has 10 nitrogen and oxygen atoms in total. The summed E-state index contributed by atoms with van der Waals surface area (Å²) in [6.45, 7) is 9.41. The van der Waals surface area contributed by atoms with Crippen LogP contribution in [0.5, 0.6) is 0 Å². The summed E-state index contributed by atoms with van der Waals surface area (Å²) in [5.74, 6) is 1.35. The standard InChI is InChI=1S/C26H41N9OS/c1-4-6-19(7-5-10-35-16-21-22(35)15-34(21)3)29-24-23-17(2)33-37-25(23)32-26(31-24)30-20(13-27)14-28-18-8-11-36-12-9-18/h13-14,18-19,21-22H,4-12,15-16,27H2,1-3H3,(H2,29,30,31,32)/t19-,21?,22-/m0/s1. The number of likely N-dealkylation sites (N-methyl/N-ethyl adjacent to an activating group) is 1. The minimum atomic E-state index is 0.262. The zero-order valence-electron chi connectivity index (χ0n) is 22.3. The third kappa shape index (κ3) is 6.05. The zero-order valence-corrected chi connectivity index (χ0v) is 23.1. The molecule has 5 heterocycles. The number of fused-ring (bicyclic) bond motifs is 2. The number of hydrogen-bond acceptors (Lipinski definition) is 11. The first-order chi connectivity index (χ1) is 18.1. The molecule has 3 fully saturated rings. The lowest BCUT2D eigenvalue weighted by Gasteiger charge is -2.61. The molecule has 0 amide bonds. The van der Waals surface area contributed by atoms with Crippen molar-refractivity contribution < 1.29 is 4.74 Å². The number of anilines is 2. The van der Waals surface area contributed by atoms with Crippen molar-refractivity contribution in [2.24, 2.45) is 10.7 Å². The quantitative estimate of drug-likeness (QED) is 0.358. The van der Waals surface area contributed by atoms with E-state index in [-0.39, 0.29) is 6.04 Å². The van der Waals surface area contributed by atoms with Crippen molar-refractivity contribution in [3.05, 3.63) is 17.6 Å². The number of piperazine rings is 1. The second-order valence-corrected chi connectivity index (χ2v) is 11.3. The molecule has 5 rings (SSSR count). The van der Waals surface area contributed by atoms with Gasteiger partial charge in [0.2, 0.25) is 5.95 Å². The maximum absolute atomic E-state index is 5.91. The molecule has 2 aromatic rings. The van der Waals surface area contributed by atoms with Crippen molar-refractivity contribution in [3.63, 3.8) is 0 Å². The Balaban J connectivity index is 1.25. The van der Waals surface area contributed by atoms with Crippen LogP contribution in [-0.2, 0) is 4.74 Å². The van der Waals surface area contributed by atoms with Crippen LogP contribution in [0.1, 0.15) is 51.1 Å². The van der Waals surface area contributed by atoms with Gasteiger partial charge in [0.1, 0.15) is 5.82 Å². The Hall–Kier alpha value is -2.34. The Bertz CT molecular complexity index is 1110. The monoisotopic (exact) mass is 527 g/mol. The number of aryl methyl sites for hydroxylation is 1. The number of nitrogens with one attached hydrogen (secondary N) is 2. The highest BCUT2D eigenvalue weighted by atomic mass is 32.1. The Morgan fingerprint density at radius 2 is 2.08 bits per heavy atom. The topological polar surface area (TPSA) is 117 Å². The Morgan fingerprint density at radius 3 is 2.78 bits per heavy atom. The molecule has 202 valence electrons. The number of ether oxygens (including phenoxy) is 1. The summed E-state index contributed by atoms with van der Waals surface area (Å²) < 4.78 is 9.99. The molecule has 3 aliphatic heterocycles. The molecule has 0 saturated carbocycles. The average molecular weight is 528 g/mol. The van der Waals surface area contributed by atoms with E-state index in [1.54, 1.807) is 6.21 Å². The van der Waals surface area contributed by atoms with E-state index in [1.807, 2.05) is 6.92 Å². The van der Waals surface area contributed by atoms with Gasteiger partial charge in [-0.25, -0.2) is 0 Å². The van der Waals surface area contributed by atoms with Gasteiger partial charge in [0.25, 0.3) is 0 Å². The molecule has 1 unspecified atom stereocenters.